The SMILES string of the molecule is CC(C)(C)OC(=O)N1CCC(CCC(=O)NCC2CN(Cc3ccc(Cl)c(Cl)c3)CCO2)CC1. The lowest BCUT2D eigenvalue weighted by molar-refractivity contribution is -0.122. The zero-order chi connectivity index (χ0) is 24.7. The van der Waals surface area contributed by atoms with Crippen molar-refractivity contribution in [3.05, 3.63) is 33.8 Å². The normalized spacial score (nSPS) is 20.3. The topological polar surface area (TPSA) is 71.1 Å². The number of piperidine rings is 1. The number of hydrogen-bond acceptors (Lipinski definition) is 5. The highest BCUT2D eigenvalue weighted by Crippen LogP contribution is 2.24. The minimum Gasteiger partial charge on any atom is -0.444 e. The van der Waals surface area contributed by atoms with Crippen molar-refractivity contribution < 1.29 is 19.1 Å². The molecule has 0 aliphatic carbocycles. The van der Waals surface area contributed by atoms with Gasteiger partial charge >= 0.3 is 6.09 Å². The van der Waals surface area contributed by atoms with Gasteiger partial charge in [0.1, 0.15) is 5.60 Å². The molecule has 1 aromatic carbocycles. The van der Waals surface area contributed by atoms with E-state index < -0.39 is 5.60 Å². The number of nitrogens with one attached hydrogen (secondary N) is 1. The summed E-state index contributed by atoms with van der Waals surface area (Å²) in [4.78, 5) is 28.7. The zero-order valence-electron chi connectivity index (χ0n) is 20.4. The van der Waals surface area contributed by atoms with Gasteiger partial charge in [-0.3, -0.25) is 9.69 Å². The van der Waals surface area contributed by atoms with E-state index in [0.29, 0.717) is 48.6 Å². The smallest absolute Gasteiger partial charge is 0.410 e. The molecule has 2 saturated heterocycles. The van der Waals surface area contributed by atoms with Crippen molar-refractivity contribution in [3.63, 3.8) is 0 Å². The lowest BCUT2D eigenvalue weighted by atomic mass is 9.92. The Kier molecular flexibility index (Phi) is 9.89. The second kappa shape index (κ2) is 12.4. The molecule has 2 fully saturated rings. The van der Waals surface area contributed by atoms with E-state index in [2.05, 4.69) is 10.2 Å². The van der Waals surface area contributed by atoms with Crippen molar-refractivity contribution in [1.82, 2.24) is 15.1 Å². The summed E-state index contributed by atoms with van der Waals surface area (Å²) in [5, 5.41) is 4.15. The van der Waals surface area contributed by atoms with Gasteiger partial charge in [0.25, 0.3) is 0 Å². The van der Waals surface area contributed by atoms with Crippen LogP contribution in [-0.4, -0.2) is 72.8 Å². The third kappa shape index (κ3) is 8.91. The van der Waals surface area contributed by atoms with E-state index in [4.69, 9.17) is 32.7 Å². The van der Waals surface area contributed by atoms with Crippen LogP contribution in [0, 0.1) is 5.92 Å². The predicted molar refractivity (Wildman–Crippen MR) is 134 cm³/mol. The van der Waals surface area contributed by atoms with Gasteiger partial charge in [0.05, 0.1) is 22.8 Å². The molecule has 2 heterocycles. The van der Waals surface area contributed by atoms with Crippen LogP contribution >= 0.6 is 23.2 Å². The van der Waals surface area contributed by atoms with Crippen molar-refractivity contribution >= 4 is 35.2 Å². The number of rotatable bonds is 7. The van der Waals surface area contributed by atoms with Crippen LogP contribution in [0.25, 0.3) is 0 Å². The molecule has 2 amide bonds. The molecule has 0 spiro atoms. The fraction of sp³-hybridized carbons (Fsp3) is 0.680. The van der Waals surface area contributed by atoms with E-state index in [9.17, 15) is 9.59 Å². The van der Waals surface area contributed by atoms with Crippen molar-refractivity contribution in [2.45, 2.75) is 64.7 Å². The number of hydrogen-bond donors (Lipinski definition) is 1. The summed E-state index contributed by atoms with van der Waals surface area (Å²) in [6, 6.07) is 5.70. The fourth-order valence-corrected chi connectivity index (χ4v) is 4.65. The van der Waals surface area contributed by atoms with Gasteiger partial charge < -0.3 is 19.7 Å². The van der Waals surface area contributed by atoms with Gasteiger partial charge in [-0.05, 0) is 63.6 Å². The number of carbonyl (C=O) groups is 2. The minimum atomic E-state index is -0.478. The van der Waals surface area contributed by atoms with Crippen molar-refractivity contribution in [3.8, 4) is 0 Å². The molecule has 0 bridgehead atoms. The van der Waals surface area contributed by atoms with Gasteiger partial charge in [-0.1, -0.05) is 29.3 Å². The molecule has 1 aromatic rings. The first-order chi connectivity index (χ1) is 16.1. The quantitative estimate of drug-likeness (QED) is 0.570. The monoisotopic (exact) mass is 513 g/mol. The van der Waals surface area contributed by atoms with Crippen LogP contribution in [0.5, 0.6) is 0 Å². The molecule has 7 nitrogen and oxygen atoms in total. The second-order valence-electron chi connectivity index (χ2n) is 10.2. The number of carbonyl (C=O) groups excluding carboxylic acids is 2. The molecule has 1 unspecified atom stereocenters. The highest BCUT2D eigenvalue weighted by Gasteiger charge is 2.27. The average molecular weight is 514 g/mol. The van der Waals surface area contributed by atoms with Crippen LogP contribution < -0.4 is 5.32 Å². The Balaban J connectivity index is 1.32. The summed E-state index contributed by atoms with van der Waals surface area (Å²) in [6.45, 7) is 10.5. The summed E-state index contributed by atoms with van der Waals surface area (Å²) in [5.74, 6) is 0.511. The van der Waals surface area contributed by atoms with E-state index >= 15 is 0 Å². The third-order valence-corrected chi connectivity index (χ3v) is 6.92. The number of halogens is 2. The highest BCUT2D eigenvalue weighted by atomic mass is 35.5. The molecule has 1 N–H and O–H groups in total. The van der Waals surface area contributed by atoms with E-state index in [-0.39, 0.29) is 18.1 Å². The molecular formula is C25H37Cl2N3O4. The van der Waals surface area contributed by atoms with Gasteiger partial charge in [0, 0.05) is 45.7 Å². The molecule has 34 heavy (non-hydrogen) atoms. The number of benzene rings is 1. The van der Waals surface area contributed by atoms with Crippen LogP contribution in [0.4, 0.5) is 4.79 Å². The lowest BCUT2D eigenvalue weighted by Crippen LogP contribution is -2.47. The molecule has 3 rings (SSSR count). The molecule has 0 radical (unpaired) electrons. The van der Waals surface area contributed by atoms with Crippen molar-refractivity contribution in [2.24, 2.45) is 5.92 Å². The van der Waals surface area contributed by atoms with Crippen molar-refractivity contribution in [2.75, 3.05) is 39.3 Å². The maximum atomic E-state index is 12.4. The number of nitrogens with zero attached hydrogens (tertiary/aromatic N) is 2. The molecule has 190 valence electrons. The largest absolute Gasteiger partial charge is 0.444 e. The number of morpholine rings is 1. The second-order valence-corrected chi connectivity index (χ2v) is 11.0. The van der Waals surface area contributed by atoms with Crippen LogP contribution in [0.2, 0.25) is 10.0 Å². The number of amides is 2. The Labute approximate surface area is 213 Å². The third-order valence-electron chi connectivity index (χ3n) is 6.19. The van der Waals surface area contributed by atoms with Gasteiger partial charge in [0.2, 0.25) is 5.91 Å². The molecule has 1 atom stereocenters. The summed E-state index contributed by atoms with van der Waals surface area (Å²) in [5.41, 5.74) is 0.631. The van der Waals surface area contributed by atoms with Gasteiger partial charge in [-0.25, -0.2) is 4.79 Å². The van der Waals surface area contributed by atoms with Gasteiger partial charge in [-0.2, -0.15) is 0 Å². The molecule has 0 saturated carbocycles. The summed E-state index contributed by atoms with van der Waals surface area (Å²) in [6.07, 6.45) is 2.87. The Bertz CT molecular complexity index is 838. The Hall–Kier alpha value is -1.54. The van der Waals surface area contributed by atoms with Crippen LogP contribution in [0.3, 0.4) is 0 Å². The van der Waals surface area contributed by atoms with Crippen LogP contribution in [0.15, 0.2) is 18.2 Å². The first-order valence-corrected chi connectivity index (χ1v) is 12.9. The summed E-state index contributed by atoms with van der Waals surface area (Å²) in [7, 11) is 0. The molecule has 2 aliphatic heterocycles. The molecule has 2 aliphatic rings. The van der Waals surface area contributed by atoms with Gasteiger partial charge in [-0.15, -0.1) is 0 Å². The Morgan fingerprint density at radius 2 is 1.88 bits per heavy atom. The predicted octanol–water partition coefficient (Wildman–Crippen LogP) is 4.74. The molecular weight excluding hydrogens is 477 g/mol. The first-order valence-electron chi connectivity index (χ1n) is 12.1. The van der Waals surface area contributed by atoms with E-state index in [1.165, 1.54) is 0 Å². The van der Waals surface area contributed by atoms with Crippen LogP contribution in [-0.2, 0) is 20.8 Å². The maximum absolute atomic E-state index is 12.4. The molecule has 9 heteroatoms. The van der Waals surface area contributed by atoms with E-state index in [1.807, 2.05) is 39.0 Å². The Morgan fingerprint density at radius 1 is 1.15 bits per heavy atom. The zero-order valence-corrected chi connectivity index (χ0v) is 22.0. The summed E-state index contributed by atoms with van der Waals surface area (Å²) >= 11 is 12.1. The lowest BCUT2D eigenvalue weighted by Gasteiger charge is -2.33. The summed E-state index contributed by atoms with van der Waals surface area (Å²) < 4.78 is 11.3. The maximum Gasteiger partial charge on any atom is 0.410 e. The number of ether oxygens (including phenoxy) is 2. The van der Waals surface area contributed by atoms with E-state index in [0.717, 1.165) is 44.5 Å². The first kappa shape index (κ1) is 27.1. The average Bonchev–Trinajstić information content (AvgIpc) is 2.78. The van der Waals surface area contributed by atoms with Gasteiger partial charge in [0.15, 0.2) is 0 Å². The molecule has 0 aromatic heterocycles. The van der Waals surface area contributed by atoms with E-state index in [1.54, 1.807) is 4.90 Å². The number of likely N-dealkylation sites (tertiary alicyclic amines) is 1. The standard InChI is InChI=1S/C25H37Cl2N3O4/c1-25(2,3)34-24(32)30-10-8-18(9-11-30)5-7-23(31)28-15-20-17-29(12-13-33-20)16-19-4-6-21(26)22(27)14-19/h4,6,14,18,20H,5,7-13,15-17H2,1-3H3,(H,28,31). The van der Waals surface area contributed by atoms with Crippen molar-refractivity contribution in [1.29, 1.82) is 0 Å². The van der Waals surface area contributed by atoms with Crippen LogP contribution in [0.1, 0.15) is 52.0 Å². The Morgan fingerprint density at radius 3 is 2.56 bits per heavy atom. The fourth-order valence-electron chi connectivity index (χ4n) is 4.33. The highest BCUT2D eigenvalue weighted by molar-refractivity contribution is 6.42. The minimum absolute atomic E-state index is 0.0301.